The van der Waals surface area contributed by atoms with Gasteiger partial charge in [0.2, 0.25) is 17.7 Å². The fourth-order valence-electron chi connectivity index (χ4n) is 1.11. The molecule has 0 saturated carbocycles. The van der Waals surface area contributed by atoms with E-state index >= 15 is 0 Å². The smallest absolute Gasteiger partial charge is 0.328 e. The molecule has 0 aromatic carbocycles. The van der Waals surface area contributed by atoms with Crippen LogP contribution in [0.4, 0.5) is 0 Å². The second-order valence-corrected chi connectivity index (χ2v) is 3.88. The van der Waals surface area contributed by atoms with Gasteiger partial charge in [0, 0.05) is 0 Å². The lowest BCUT2D eigenvalue weighted by Crippen LogP contribution is -2.51. The number of hydrogen-bond donors (Lipinski definition) is 6. The van der Waals surface area contributed by atoms with Gasteiger partial charge >= 0.3 is 5.97 Å². The molecule has 3 amide bonds. The maximum Gasteiger partial charge on any atom is 0.328 e. The van der Waals surface area contributed by atoms with Gasteiger partial charge in [0.1, 0.15) is 0 Å². The summed E-state index contributed by atoms with van der Waals surface area (Å²) in [6.45, 7) is 0.123. The number of aliphatic hydroxyl groups is 1. The molecule has 0 rings (SSSR count). The van der Waals surface area contributed by atoms with Crippen molar-refractivity contribution in [3.8, 4) is 0 Å². The maximum atomic E-state index is 11.4. The summed E-state index contributed by atoms with van der Waals surface area (Å²) >= 11 is 0. The van der Waals surface area contributed by atoms with E-state index in [2.05, 4.69) is 10.6 Å². The van der Waals surface area contributed by atoms with E-state index in [9.17, 15) is 19.2 Å². The minimum Gasteiger partial charge on any atom is -0.480 e. The Morgan fingerprint density at radius 2 is 1.55 bits per heavy atom. The van der Waals surface area contributed by atoms with Crippen molar-refractivity contribution in [1.82, 2.24) is 16.0 Å². The first kappa shape index (κ1) is 17.8. The number of carbonyl (C=O) groups is 4. The third-order valence-corrected chi connectivity index (χ3v) is 2.14. The summed E-state index contributed by atoms with van der Waals surface area (Å²) in [7, 11) is 0. The Labute approximate surface area is 114 Å². The van der Waals surface area contributed by atoms with Crippen LogP contribution >= 0.6 is 0 Å². The summed E-state index contributed by atoms with van der Waals surface area (Å²) in [4.78, 5) is 44.0. The lowest BCUT2D eigenvalue weighted by molar-refractivity contribution is -0.144. The lowest BCUT2D eigenvalue weighted by atomic mass is 10.2. The molecule has 0 radical (unpaired) electrons. The minimum atomic E-state index is -1.46. The van der Waals surface area contributed by atoms with E-state index in [4.69, 9.17) is 15.9 Å². The van der Waals surface area contributed by atoms with Crippen LogP contribution in [0.2, 0.25) is 0 Å². The topological polar surface area (TPSA) is 171 Å². The van der Waals surface area contributed by atoms with Crippen LogP contribution in [0.5, 0.6) is 0 Å². The zero-order valence-electron chi connectivity index (χ0n) is 10.9. The molecule has 10 heteroatoms. The van der Waals surface area contributed by atoms with Crippen LogP contribution in [0.15, 0.2) is 0 Å². The van der Waals surface area contributed by atoms with Gasteiger partial charge in [-0.2, -0.15) is 0 Å². The molecule has 0 aliphatic rings. The summed E-state index contributed by atoms with van der Waals surface area (Å²) in [5, 5.41) is 24.3. The molecule has 0 bridgehead atoms. The summed E-state index contributed by atoms with van der Waals surface area (Å²) in [6, 6.07) is -1.46. The molecule has 2 atom stereocenters. The molecule has 0 aromatic heterocycles. The van der Waals surface area contributed by atoms with Crippen LogP contribution in [0.1, 0.15) is 6.92 Å². The van der Waals surface area contributed by atoms with Gasteiger partial charge in [-0.15, -0.1) is 0 Å². The Kier molecular flexibility index (Phi) is 7.85. The van der Waals surface area contributed by atoms with E-state index in [0.717, 1.165) is 0 Å². The summed E-state index contributed by atoms with van der Waals surface area (Å²) in [5.74, 6) is -3.33. The molecule has 114 valence electrons. The number of carbonyl (C=O) groups excluding carboxylic acids is 3. The number of nitrogens with one attached hydrogen (secondary N) is 3. The number of nitrogens with two attached hydrogens (primary N) is 1. The van der Waals surface area contributed by atoms with Gasteiger partial charge in [-0.25, -0.2) is 4.79 Å². The highest BCUT2D eigenvalue weighted by molar-refractivity contribution is 5.90. The monoisotopic (exact) mass is 290 g/mol. The van der Waals surface area contributed by atoms with Crippen molar-refractivity contribution in [2.45, 2.75) is 19.1 Å². The first-order chi connectivity index (χ1) is 9.27. The molecule has 0 fully saturated rings. The molecule has 7 N–H and O–H groups in total. The molecular formula is C10H18N4O6. The standard InChI is InChI=1S/C10H18N4O6/c1-5(15)9(10(19)20)14-8(18)4-13-7(17)3-12-6(16)2-11/h5,9,15H,2-4,11H2,1H3,(H,12,16)(H,13,17)(H,14,18)(H,19,20). The number of carboxylic acids is 1. The van der Waals surface area contributed by atoms with Crippen molar-refractivity contribution in [3.05, 3.63) is 0 Å². The molecule has 0 heterocycles. The third-order valence-electron chi connectivity index (χ3n) is 2.14. The van der Waals surface area contributed by atoms with Crippen LogP contribution < -0.4 is 21.7 Å². The third kappa shape index (κ3) is 7.28. The van der Waals surface area contributed by atoms with Crippen LogP contribution in [0, 0.1) is 0 Å². The molecule has 0 aliphatic carbocycles. The SMILES string of the molecule is CC(O)C(NC(=O)CNC(=O)CNC(=O)CN)C(=O)O. The van der Waals surface area contributed by atoms with E-state index in [1.54, 1.807) is 0 Å². The highest BCUT2D eigenvalue weighted by Gasteiger charge is 2.24. The predicted molar refractivity (Wildman–Crippen MR) is 66.3 cm³/mol. The molecule has 0 aromatic rings. The minimum absolute atomic E-state index is 0.261. The Bertz CT molecular complexity index is 384. The van der Waals surface area contributed by atoms with Crippen LogP contribution in [-0.4, -0.2) is 65.7 Å². The summed E-state index contributed by atoms with van der Waals surface area (Å²) in [5.41, 5.74) is 5.00. The van der Waals surface area contributed by atoms with Crippen molar-refractivity contribution in [1.29, 1.82) is 0 Å². The Morgan fingerprint density at radius 1 is 1.05 bits per heavy atom. The largest absolute Gasteiger partial charge is 0.480 e. The fourth-order valence-corrected chi connectivity index (χ4v) is 1.11. The van der Waals surface area contributed by atoms with Crippen LogP contribution in [0.25, 0.3) is 0 Å². The van der Waals surface area contributed by atoms with Crippen LogP contribution in [0.3, 0.4) is 0 Å². The second kappa shape index (κ2) is 8.82. The average Bonchev–Trinajstić information content (AvgIpc) is 2.38. The molecule has 0 spiro atoms. The highest BCUT2D eigenvalue weighted by Crippen LogP contribution is 1.92. The Morgan fingerprint density at radius 3 is 2.00 bits per heavy atom. The first-order valence-electron chi connectivity index (χ1n) is 5.71. The Hall–Kier alpha value is -2.20. The predicted octanol–water partition coefficient (Wildman–Crippen LogP) is -3.87. The number of aliphatic hydroxyl groups excluding tert-OH is 1. The molecule has 2 unspecified atom stereocenters. The number of rotatable bonds is 8. The van der Waals surface area contributed by atoms with Crippen molar-refractivity contribution in [2.75, 3.05) is 19.6 Å². The zero-order chi connectivity index (χ0) is 15.7. The molecule has 0 saturated heterocycles. The lowest BCUT2D eigenvalue weighted by Gasteiger charge is -2.17. The van der Waals surface area contributed by atoms with E-state index in [-0.39, 0.29) is 13.1 Å². The van der Waals surface area contributed by atoms with E-state index in [1.807, 2.05) is 5.32 Å². The normalized spacial score (nSPS) is 12.9. The van der Waals surface area contributed by atoms with Gasteiger partial charge in [-0.1, -0.05) is 0 Å². The highest BCUT2D eigenvalue weighted by atomic mass is 16.4. The average molecular weight is 290 g/mol. The van der Waals surface area contributed by atoms with Gasteiger partial charge in [0.15, 0.2) is 6.04 Å². The summed E-state index contributed by atoms with van der Waals surface area (Å²) in [6.07, 6.45) is -1.28. The molecule has 10 nitrogen and oxygen atoms in total. The number of amides is 3. The van der Waals surface area contributed by atoms with Crippen molar-refractivity contribution < 1.29 is 29.4 Å². The number of hydrogen-bond acceptors (Lipinski definition) is 6. The Balaban J connectivity index is 4.06. The molecule has 20 heavy (non-hydrogen) atoms. The van der Waals surface area contributed by atoms with Gasteiger partial charge < -0.3 is 31.9 Å². The number of aliphatic carboxylic acids is 1. The van der Waals surface area contributed by atoms with E-state index < -0.39 is 42.4 Å². The van der Waals surface area contributed by atoms with E-state index in [0.29, 0.717) is 0 Å². The number of carboxylic acid groups (broad SMARTS) is 1. The zero-order valence-corrected chi connectivity index (χ0v) is 10.9. The van der Waals surface area contributed by atoms with Crippen molar-refractivity contribution >= 4 is 23.7 Å². The van der Waals surface area contributed by atoms with Gasteiger partial charge in [-0.3, -0.25) is 14.4 Å². The van der Waals surface area contributed by atoms with Gasteiger partial charge in [-0.05, 0) is 6.92 Å². The van der Waals surface area contributed by atoms with Gasteiger partial charge in [0.25, 0.3) is 0 Å². The van der Waals surface area contributed by atoms with Crippen molar-refractivity contribution in [3.63, 3.8) is 0 Å². The first-order valence-corrected chi connectivity index (χ1v) is 5.71. The molecular weight excluding hydrogens is 272 g/mol. The van der Waals surface area contributed by atoms with Gasteiger partial charge in [0.05, 0.1) is 25.7 Å². The van der Waals surface area contributed by atoms with E-state index in [1.165, 1.54) is 6.92 Å². The maximum absolute atomic E-state index is 11.4. The summed E-state index contributed by atoms with van der Waals surface area (Å²) < 4.78 is 0. The quantitative estimate of drug-likeness (QED) is 0.265. The van der Waals surface area contributed by atoms with Crippen molar-refractivity contribution in [2.24, 2.45) is 5.73 Å². The molecule has 0 aliphatic heterocycles. The van der Waals surface area contributed by atoms with Crippen LogP contribution in [-0.2, 0) is 19.2 Å². The second-order valence-electron chi connectivity index (χ2n) is 3.88. The fraction of sp³-hybridized carbons (Fsp3) is 0.600.